The first-order valence-electron chi connectivity index (χ1n) is 4.22. The first-order valence-corrected chi connectivity index (χ1v) is 5.44. The summed E-state index contributed by atoms with van der Waals surface area (Å²) in [7, 11) is 1.38. The molecule has 0 aromatic heterocycles. The standard InChI is InChI=1S/C10H11F3OS/c1-14-6-7-3-4-8(15-2)5-9(7)10(11,12)13/h3-5H,6H2,1-2H3. The molecular weight excluding hydrogens is 225 g/mol. The van der Waals surface area contributed by atoms with Gasteiger partial charge in [-0.1, -0.05) is 6.07 Å². The van der Waals surface area contributed by atoms with Gasteiger partial charge in [0.05, 0.1) is 12.2 Å². The highest BCUT2D eigenvalue weighted by Crippen LogP contribution is 2.34. The summed E-state index contributed by atoms with van der Waals surface area (Å²) in [6.45, 7) is -0.0243. The highest BCUT2D eigenvalue weighted by Gasteiger charge is 2.33. The molecule has 0 aliphatic heterocycles. The zero-order valence-electron chi connectivity index (χ0n) is 8.39. The van der Waals surface area contributed by atoms with Gasteiger partial charge < -0.3 is 4.74 Å². The molecule has 0 saturated carbocycles. The molecule has 0 spiro atoms. The Kier molecular flexibility index (Phi) is 4.04. The van der Waals surface area contributed by atoms with Gasteiger partial charge in [0.2, 0.25) is 0 Å². The number of benzene rings is 1. The molecular formula is C10H11F3OS. The van der Waals surface area contributed by atoms with Gasteiger partial charge in [-0.05, 0) is 24.0 Å². The average Bonchev–Trinajstić information content (AvgIpc) is 2.17. The Balaban J connectivity index is 3.16. The fourth-order valence-electron chi connectivity index (χ4n) is 1.23. The van der Waals surface area contributed by atoms with Crippen molar-refractivity contribution < 1.29 is 17.9 Å². The van der Waals surface area contributed by atoms with E-state index in [1.54, 1.807) is 12.3 Å². The number of methoxy groups -OCH3 is 1. The molecule has 0 heterocycles. The van der Waals surface area contributed by atoms with Gasteiger partial charge in [0.25, 0.3) is 0 Å². The number of hydrogen-bond donors (Lipinski definition) is 0. The van der Waals surface area contributed by atoms with Crippen LogP contribution >= 0.6 is 11.8 Å². The lowest BCUT2D eigenvalue weighted by Crippen LogP contribution is -2.09. The molecule has 5 heteroatoms. The quantitative estimate of drug-likeness (QED) is 0.742. The van der Waals surface area contributed by atoms with Crippen LogP contribution in [-0.4, -0.2) is 13.4 Å². The number of hydrogen-bond acceptors (Lipinski definition) is 2. The molecule has 0 bridgehead atoms. The van der Waals surface area contributed by atoms with E-state index in [9.17, 15) is 13.2 Å². The third-order valence-corrected chi connectivity index (χ3v) is 2.65. The fraction of sp³-hybridized carbons (Fsp3) is 0.400. The van der Waals surface area contributed by atoms with Crippen molar-refractivity contribution in [3.63, 3.8) is 0 Å². The molecule has 15 heavy (non-hydrogen) atoms. The van der Waals surface area contributed by atoms with Crippen molar-refractivity contribution >= 4 is 11.8 Å². The lowest BCUT2D eigenvalue weighted by atomic mass is 10.1. The Morgan fingerprint density at radius 1 is 1.33 bits per heavy atom. The van der Waals surface area contributed by atoms with Gasteiger partial charge in [-0.3, -0.25) is 0 Å². The van der Waals surface area contributed by atoms with Crippen LogP contribution in [0.1, 0.15) is 11.1 Å². The molecule has 84 valence electrons. The molecule has 0 saturated heterocycles. The van der Waals surface area contributed by atoms with Crippen molar-refractivity contribution in [3.8, 4) is 0 Å². The van der Waals surface area contributed by atoms with Crippen molar-refractivity contribution in [1.29, 1.82) is 0 Å². The van der Waals surface area contributed by atoms with Crippen molar-refractivity contribution in [3.05, 3.63) is 29.3 Å². The highest BCUT2D eigenvalue weighted by atomic mass is 32.2. The third-order valence-electron chi connectivity index (χ3n) is 1.92. The minimum atomic E-state index is -4.32. The van der Waals surface area contributed by atoms with E-state index < -0.39 is 11.7 Å². The second-order valence-electron chi connectivity index (χ2n) is 2.95. The van der Waals surface area contributed by atoms with E-state index in [2.05, 4.69) is 0 Å². The van der Waals surface area contributed by atoms with Crippen molar-refractivity contribution in [2.75, 3.05) is 13.4 Å². The minimum absolute atomic E-state index is 0.0243. The Bertz CT molecular complexity index is 336. The summed E-state index contributed by atoms with van der Waals surface area (Å²) in [6, 6.07) is 4.27. The predicted octanol–water partition coefficient (Wildman–Crippen LogP) is 3.57. The van der Waals surface area contributed by atoms with Crippen molar-refractivity contribution in [2.24, 2.45) is 0 Å². The van der Waals surface area contributed by atoms with E-state index in [4.69, 9.17) is 4.74 Å². The van der Waals surface area contributed by atoms with Crippen LogP contribution in [-0.2, 0) is 17.5 Å². The van der Waals surface area contributed by atoms with Crippen molar-refractivity contribution in [1.82, 2.24) is 0 Å². The maximum atomic E-state index is 12.6. The van der Waals surface area contributed by atoms with Gasteiger partial charge in [-0.2, -0.15) is 13.2 Å². The van der Waals surface area contributed by atoms with Crippen LogP contribution in [0.15, 0.2) is 23.1 Å². The van der Waals surface area contributed by atoms with E-state index in [1.165, 1.54) is 24.9 Å². The van der Waals surface area contributed by atoms with Gasteiger partial charge in [0.15, 0.2) is 0 Å². The molecule has 0 aliphatic rings. The molecule has 0 radical (unpaired) electrons. The van der Waals surface area contributed by atoms with Crippen LogP contribution in [0.3, 0.4) is 0 Å². The summed E-state index contributed by atoms with van der Waals surface area (Å²) >= 11 is 1.29. The number of rotatable bonds is 3. The van der Waals surface area contributed by atoms with Crippen LogP contribution < -0.4 is 0 Å². The minimum Gasteiger partial charge on any atom is -0.380 e. The molecule has 0 fully saturated rings. The van der Waals surface area contributed by atoms with Gasteiger partial charge in [0, 0.05) is 12.0 Å². The monoisotopic (exact) mass is 236 g/mol. The molecule has 0 N–H and O–H groups in total. The van der Waals surface area contributed by atoms with Crippen LogP contribution in [0.25, 0.3) is 0 Å². The summed E-state index contributed by atoms with van der Waals surface area (Å²) in [5, 5.41) is 0. The lowest BCUT2D eigenvalue weighted by Gasteiger charge is -2.13. The molecule has 1 rings (SSSR count). The zero-order chi connectivity index (χ0) is 11.5. The van der Waals surface area contributed by atoms with E-state index in [0.717, 1.165) is 6.07 Å². The van der Waals surface area contributed by atoms with Gasteiger partial charge in [0.1, 0.15) is 0 Å². The summed E-state index contributed by atoms with van der Waals surface area (Å²) in [5.41, 5.74) is -0.445. The van der Waals surface area contributed by atoms with Gasteiger partial charge in [-0.15, -0.1) is 11.8 Å². The largest absolute Gasteiger partial charge is 0.416 e. The summed E-state index contributed by atoms with van der Waals surface area (Å²) in [6.07, 6.45) is -2.58. The third kappa shape index (κ3) is 3.14. The van der Waals surface area contributed by atoms with Crippen LogP contribution in [0.2, 0.25) is 0 Å². The molecule has 1 nitrogen and oxygen atoms in total. The smallest absolute Gasteiger partial charge is 0.380 e. The predicted molar refractivity (Wildman–Crippen MR) is 53.9 cm³/mol. The van der Waals surface area contributed by atoms with E-state index in [-0.39, 0.29) is 12.2 Å². The number of thioether (sulfide) groups is 1. The Hall–Kier alpha value is -0.680. The Labute approximate surface area is 90.6 Å². The SMILES string of the molecule is COCc1ccc(SC)cc1C(F)(F)F. The molecule has 0 atom stereocenters. The molecule has 1 aromatic rings. The molecule has 0 aliphatic carbocycles. The van der Waals surface area contributed by atoms with Crippen LogP contribution in [0.4, 0.5) is 13.2 Å². The summed E-state index contributed by atoms with van der Waals surface area (Å²) in [5.74, 6) is 0. The fourth-order valence-corrected chi connectivity index (χ4v) is 1.67. The Morgan fingerprint density at radius 2 is 2.00 bits per heavy atom. The maximum Gasteiger partial charge on any atom is 0.416 e. The number of alkyl halides is 3. The maximum absolute atomic E-state index is 12.6. The second kappa shape index (κ2) is 4.90. The highest BCUT2D eigenvalue weighted by molar-refractivity contribution is 7.98. The summed E-state index contributed by atoms with van der Waals surface area (Å²) < 4.78 is 42.6. The van der Waals surface area contributed by atoms with Gasteiger partial charge >= 0.3 is 6.18 Å². The topological polar surface area (TPSA) is 9.23 Å². The zero-order valence-corrected chi connectivity index (χ0v) is 9.21. The first kappa shape index (κ1) is 12.4. The first-order chi connectivity index (χ1) is 6.99. The van der Waals surface area contributed by atoms with Crippen molar-refractivity contribution in [2.45, 2.75) is 17.7 Å². The second-order valence-corrected chi connectivity index (χ2v) is 3.83. The van der Waals surface area contributed by atoms with E-state index in [1.807, 2.05) is 0 Å². The normalized spacial score (nSPS) is 11.8. The molecule has 0 amide bonds. The average molecular weight is 236 g/mol. The van der Waals surface area contributed by atoms with Crippen LogP contribution in [0, 0.1) is 0 Å². The van der Waals surface area contributed by atoms with E-state index in [0.29, 0.717) is 4.90 Å². The summed E-state index contributed by atoms with van der Waals surface area (Å²) in [4.78, 5) is 0.599. The molecule has 0 unspecified atom stereocenters. The van der Waals surface area contributed by atoms with Gasteiger partial charge in [-0.25, -0.2) is 0 Å². The van der Waals surface area contributed by atoms with Crippen LogP contribution in [0.5, 0.6) is 0 Å². The van der Waals surface area contributed by atoms with E-state index >= 15 is 0 Å². The number of ether oxygens (including phenoxy) is 1. The number of halogens is 3. The Morgan fingerprint density at radius 3 is 2.47 bits per heavy atom. The lowest BCUT2D eigenvalue weighted by molar-refractivity contribution is -0.138. The molecule has 1 aromatic carbocycles.